The highest BCUT2D eigenvalue weighted by atomic mass is 16.6. The van der Waals surface area contributed by atoms with E-state index in [4.69, 9.17) is 18.9 Å². The summed E-state index contributed by atoms with van der Waals surface area (Å²) in [7, 11) is 0. The Balaban J connectivity index is 3.21. The van der Waals surface area contributed by atoms with Gasteiger partial charge in [-0.15, -0.1) is 0 Å². The Kier molecular flexibility index (Phi) is 11.6. The van der Waals surface area contributed by atoms with Crippen LogP contribution in [0.15, 0.2) is 0 Å². The van der Waals surface area contributed by atoms with Gasteiger partial charge in [0.2, 0.25) is 0 Å². The van der Waals surface area contributed by atoms with E-state index in [1.165, 1.54) is 0 Å². The van der Waals surface area contributed by atoms with Gasteiger partial charge in [0.1, 0.15) is 5.60 Å². The molecule has 0 bridgehead atoms. The van der Waals surface area contributed by atoms with Crippen LogP contribution in [0.1, 0.15) is 47.5 Å². The maximum atomic E-state index is 11.4. The molecule has 0 aromatic rings. The molecular formula is C16H32O5. The maximum absolute atomic E-state index is 11.4. The normalized spacial score (nSPS) is 11.9. The summed E-state index contributed by atoms with van der Waals surface area (Å²) in [5.74, 6) is 0.436. The first-order valence-corrected chi connectivity index (χ1v) is 7.76. The Morgan fingerprint density at radius 1 is 0.857 bits per heavy atom. The number of hydrogen-bond acceptors (Lipinski definition) is 5. The lowest BCUT2D eigenvalue weighted by Gasteiger charge is -2.19. The van der Waals surface area contributed by atoms with Crippen molar-refractivity contribution in [1.82, 2.24) is 0 Å². The Hall–Kier alpha value is -0.650. The second kappa shape index (κ2) is 12.0. The van der Waals surface area contributed by atoms with Crippen molar-refractivity contribution in [2.75, 3.05) is 39.6 Å². The molecule has 0 fully saturated rings. The van der Waals surface area contributed by atoms with Crippen molar-refractivity contribution in [2.45, 2.75) is 53.1 Å². The number of carbonyl (C=O) groups excluding carboxylic acids is 1. The van der Waals surface area contributed by atoms with E-state index in [0.717, 1.165) is 13.0 Å². The molecule has 0 saturated heterocycles. The van der Waals surface area contributed by atoms with Crippen molar-refractivity contribution in [1.29, 1.82) is 0 Å². The molecule has 5 nitrogen and oxygen atoms in total. The zero-order valence-corrected chi connectivity index (χ0v) is 14.3. The topological polar surface area (TPSA) is 54.0 Å². The van der Waals surface area contributed by atoms with Crippen LogP contribution in [0.4, 0.5) is 0 Å². The van der Waals surface area contributed by atoms with Crippen LogP contribution in [-0.4, -0.2) is 51.2 Å². The standard InChI is InChI=1S/C16H32O5/c1-14(2)6-8-18-10-12-20-13-11-19-9-7-15(17)21-16(3,4)5/h14H,6-13H2,1-5H3. The SMILES string of the molecule is CC(C)CCOCCOCCOCCC(=O)OC(C)(C)C. The summed E-state index contributed by atoms with van der Waals surface area (Å²) >= 11 is 0. The van der Waals surface area contributed by atoms with E-state index >= 15 is 0 Å². The Morgan fingerprint density at radius 3 is 1.81 bits per heavy atom. The molecule has 0 aliphatic carbocycles. The molecule has 0 aliphatic heterocycles. The minimum Gasteiger partial charge on any atom is -0.460 e. The Bertz CT molecular complexity index is 258. The van der Waals surface area contributed by atoms with Crippen LogP contribution < -0.4 is 0 Å². The van der Waals surface area contributed by atoms with Crippen molar-refractivity contribution >= 4 is 5.97 Å². The fraction of sp³-hybridized carbons (Fsp3) is 0.938. The molecule has 0 aromatic heterocycles. The predicted molar refractivity (Wildman–Crippen MR) is 82.4 cm³/mol. The summed E-state index contributed by atoms with van der Waals surface area (Å²) in [6, 6.07) is 0. The maximum Gasteiger partial charge on any atom is 0.308 e. The quantitative estimate of drug-likeness (QED) is 0.410. The van der Waals surface area contributed by atoms with Gasteiger partial charge in [0.15, 0.2) is 0 Å². The third kappa shape index (κ3) is 17.3. The average Bonchev–Trinajstić information content (AvgIpc) is 2.33. The van der Waals surface area contributed by atoms with Crippen LogP contribution in [0, 0.1) is 5.92 Å². The fourth-order valence-electron chi connectivity index (χ4n) is 1.41. The van der Waals surface area contributed by atoms with Crippen LogP contribution >= 0.6 is 0 Å². The molecule has 0 amide bonds. The number of esters is 1. The first-order valence-electron chi connectivity index (χ1n) is 7.76. The highest BCUT2D eigenvalue weighted by Gasteiger charge is 2.15. The van der Waals surface area contributed by atoms with E-state index in [0.29, 0.717) is 39.0 Å². The zero-order valence-electron chi connectivity index (χ0n) is 14.3. The van der Waals surface area contributed by atoms with Crippen LogP contribution in [0.2, 0.25) is 0 Å². The van der Waals surface area contributed by atoms with E-state index < -0.39 is 5.60 Å². The van der Waals surface area contributed by atoms with E-state index in [2.05, 4.69) is 13.8 Å². The average molecular weight is 304 g/mol. The molecule has 21 heavy (non-hydrogen) atoms. The summed E-state index contributed by atoms with van der Waals surface area (Å²) < 4.78 is 21.3. The summed E-state index contributed by atoms with van der Waals surface area (Å²) in [6.45, 7) is 13.2. The summed E-state index contributed by atoms with van der Waals surface area (Å²) in [4.78, 5) is 11.4. The van der Waals surface area contributed by atoms with Crippen LogP contribution in [0.5, 0.6) is 0 Å². The second-order valence-corrected chi connectivity index (χ2v) is 6.36. The first-order chi connectivity index (χ1) is 9.81. The highest BCUT2D eigenvalue weighted by molar-refractivity contribution is 5.69. The zero-order chi connectivity index (χ0) is 16.1. The molecule has 0 rings (SSSR count). The number of ether oxygens (including phenoxy) is 4. The molecule has 0 unspecified atom stereocenters. The monoisotopic (exact) mass is 304 g/mol. The van der Waals surface area contributed by atoms with Crippen molar-refractivity contribution in [3.63, 3.8) is 0 Å². The molecule has 0 aromatic carbocycles. The largest absolute Gasteiger partial charge is 0.460 e. The van der Waals surface area contributed by atoms with Crippen LogP contribution in [0.25, 0.3) is 0 Å². The van der Waals surface area contributed by atoms with Crippen LogP contribution in [0.3, 0.4) is 0 Å². The van der Waals surface area contributed by atoms with Gasteiger partial charge in [-0.2, -0.15) is 0 Å². The molecule has 0 heterocycles. The summed E-state index contributed by atoms with van der Waals surface area (Å²) in [5, 5.41) is 0. The fourth-order valence-corrected chi connectivity index (χ4v) is 1.41. The summed E-state index contributed by atoms with van der Waals surface area (Å²) in [6.07, 6.45) is 1.35. The van der Waals surface area contributed by atoms with E-state index in [1.807, 2.05) is 20.8 Å². The van der Waals surface area contributed by atoms with E-state index in [-0.39, 0.29) is 12.4 Å². The summed E-state index contributed by atoms with van der Waals surface area (Å²) in [5.41, 5.74) is -0.435. The molecule has 0 radical (unpaired) electrons. The molecule has 126 valence electrons. The smallest absolute Gasteiger partial charge is 0.308 e. The van der Waals surface area contributed by atoms with Gasteiger partial charge in [-0.25, -0.2) is 0 Å². The van der Waals surface area contributed by atoms with Gasteiger partial charge >= 0.3 is 5.97 Å². The first kappa shape index (κ1) is 20.3. The molecule has 0 N–H and O–H groups in total. The van der Waals surface area contributed by atoms with Gasteiger partial charge in [-0.3, -0.25) is 4.79 Å². The number of rotatable bonds is 12. The van der Waals surface area contributed by atoms with Crippen molar-refractivity contribution in [2.24, 2.45) is 5.92 Å². The molecular weight excluding hydrogens is 272 g/mol. The van der Waals surface area contributed by atoms with Gasteiger partial charge in [0.25, 0.3) is 0 Å². The lowest BCUT2D eigenvalue weighted by molar-refractivity contribution is -0.156. The van der Waals surface area contributed by atoms with Gasteiger partial charge < -0.3 is 18.9 Å². The van der Waals surface area contributed by atoms with Gasteiger partial charge in [0.05, 0.1) is 39.5 Å². The Morgan fingerprint density at radius 2 is 1.33 bits per heavy atom. The van der Waals surface area contributed by atoms with Gasteiger partial charge in [0, 0.05) is 6.61 Å². The van der Waals surface area contributed by atoms with E-state index in [9.17, 15) is 4.79 Å². The lowest BCUT2D eigenvalue weighted by Crippen LogP contribution is -2.24. The number of hydrogen-bond donors (Lipinski definition) is 0. The minimum atomic E-state index is -0.435. The molecule has 0 spiro atoms. The minimum absolute atomic E-state index is 0.234. The lowest BCUT2D eigenvalue weighted by atomic mass is 10.1. The third-order valence-corrected chi connectivity index (χ3v) is 2.45. The van der Waals surface area contributed by atoms with E-state index in [1.54, 1.807) is 0 Å². The molecule has 0 aliphatic rings. The van der Waals surface area contributed by atoms with Gasteiger partial charge in [-0.05, 0) is 33.1 Å². The predicted octanol–water partition coefficient (Wildman–Crippen LogP) is 2.81. The van der Waals surface area contributed by atoms with Crippen molar-refractivity contribution in [3.05, 3.63) is 0 Å². The number of carbonyl (C=O) groups is 1. The van der Waals surface area contributed by atoms with Crippen LogP contribution in [-0.2, 0) is 23.7 Å². The second-order valence-electron chi connectivity index (χ2n) is 6.36. The molecule has 0 atom stereocenters. The molecule has 5 heteroatoms. The third-order valence-electron chi connectivity index (χ3n) is 2.45. The van der Waals surface area contributed by atoms with Gasteiger partial charge in [-0.1, -0.05) is 13.8 Å². The van der Waals surface area contributed by atoms with Crippen molar-refractivity contribution in [3.8, 4) is 0 Å². The Labute approximate surface area is 129 Å². The molecule has 0 saturated carbocycles. The van der Waals surface area contributed by atoms with Crippen molar-refractivity contribution < 1.29 is 23.7 Å². The highest BCUT2D eigenvalue weighted by Crippen LogP contribution is 2.07.